The summed E-state index contributed by atoms with van der Waals surface area (Å²) in [4.78, 5) is 10.3. The van der Waals surface area contributed by atoms with Crippen molar-refractivity contribution >= 4 is 6.29 Å². The lowest BCUT2D eigenvalue weighted by atomic mass is 10.1. The molecule has 0 aromatic heterocycles. The minimum Gasteiger partial charge on any atom is -0.352 e. The van der Waals surface area contributed by atoms with Crippen molar-refractivity contribution in [1.29, 1.82) is 0 Å². The van der Waals surface area contributed by atoms with Crippen LogP contribution in [-0.2, 0) is 9.53 Å². The van der Waals surface area contributed by atoms with Crippen LogP contribution in [0.3, 0.4) is 0 Å². The van der Waals surface area contributed by atoms with Gasteiger partial charge in [0.2, 0.25) is 5.60 Å². The third-order valence-corrected chi connectivity index (χ3v) is 1.35. The Balaban J connectivity index is 4.92. The van der Waals surface area contributed by atoms with Crippen molar-refractivity contribution < 1.29 is 22.7 Å². The number of hydrogen-bond acceptors (Lipinski definition) is 2. The Morgan fingerprint density at radius 1 is 1.38 bits per heavy atom. The molecule has 0 heterocycles. The van der Waals surface area contributed by atoms with Crippen LogP contribution in [0, 0.1) is 0 Å². The zero-order valence-corrected chi connectivity index (χ0v) is 7.39. The number of carbonyl (C=O) groups is 1. The highest BCUT2D eigenvalue weighted by atomic mass is 19.4. The summed E-state index contributed by atoms with van der Waals surface area (Å²) in [6.07, 6.45) is -5.30. The molecule has 76 valence electrons. The van der Waals surface area contributed by atoms with E-state index in [0.29, 0.717) is 6.08 Å². The molecule has 0 N–H and O–H groups in total. The van der Waals surface area contributed by atoms with Gasteiger partial charge in [0.15, 0.2) is 6.29 Å². The number of rotatable bonds is 4. The van der Waals surface area contributed by atoms with Gasteiger partial charge >= 0.3 is 6.18 Å². The maximum atomic E-state index is 12.3. The fraction of sp³-hybridized carbons (Fsp3) is 0.625. The molecule has 0 rings (SSSR count). The number of halogens is 3. The van der Waals surface area contributed by atoms with Gasteiger partial charge in [0.05, 0.1) is 6.10 Å². The highest BCUT2D eigenvalue weighted by Crippen LogP contribution is 2.33. The number of carbonyl (C=O) groups excluding carboxylic acids is 1. The van der Waals surface area contributed by atoms with Crippen LogP contribution < -0.4 is 0 Å². The quantitative estimate of drug-likeness (QED) is 0.508. The van der Waals surface area contributed by atoms with Gasteiger partial charge < -0.3 is 4.74 Å². The summed E-state index contributed by atoms with van der Waals surface area (Å²) in [6, 6.07) is 0. The van der Waals surface area contributed by atoms with E-state index in [9.17, 15) is 18.0 Å². The van der Waals surface area contributed by atoms with Crippen molar-refractivity contribution in [2.75, 3.05) is 0 Å². The molecule has 0 aliphatic rings. The van der Waals surface area contributed by atoms with E-state index in [2.05, 4.69) is 11.3 Å². The first-order chi connectivity index (χ1) is 5.79. The second-order valence-corrected chi connectivity index (χ2v) is 2.78. The van der Waals surface area contributed by atoms with Gasteiger partial charge in [0.25, 0.3) is 0 Å². The third kappa shape index (κ3) is 2.55. The maximum absolute atomic E-state index is 12.3. The molecule has 2 nitrogen and oxygen atoms in total. The summed E-state index contributed by atoms with van der Waals surface area (Å²) in [5, 5.41) is 0. The smallest absolute Gasteiger partial charge is 0.352 e. The van der Waals surface area contributed by atoms with Crippen LogP contribution in [-0.4, -0.2) is 24.2 Å². The molecule has 1 atom stereocenters. The lowest BCUT2D eigenvalue weighted by Crippen LogP contribution is -2.48. The van der Waals surface area contributed by atoms with Crippen LogP contribution in [0.4, 0.5) is 13.2 Å². The molecule has 0 aromatic carbocycles. The molecule has 0 fully saturated rings. The number of hydrogen-bond donors (Lipinski definition) is 0. The number of ether oxygens (including phenoxy) is 1. The van der Waals surface area contributed by atoms with Crippen LogP contribution >= 0.6 is 0 Å². The predicted molar refractivity (Wildman–Crippen MR) is 41.3 cm³/mol. The fourth-order valence-corrected chi connectivity index (χ4v) is 0.763. The lowest BCUT2D eigenvalue weighted by molar-refractivity contribution is -0.251. The second-order valence-electron chi connectivity index (χ2n) is 2.78. The number of aldehydes is 1. The normalized spacial score (nSPS) is 16.8. The van der Waals surface area contributed by atoms with E-state index in [0.717, 1.165) is 0 Å². The fourth-order valence-electron chi connectivity index (χ4n) is 0.763. The Bertz CT molecular complexity index is 188. The Kier molecular flexibility index (Phi) is 3.66. The molecular weight excluding hydrogens is 185 g/mol. The minimum absolute atomic E-state index is 0.292. The molecule has 1 unspecified atom stereocenters. The van der Waals surface area contributed by atoms with E-state index in [1.807, 2.05) is 0 Å². The standard InChI is InChI=1S/C8H11F3O2/c1-4-7(5-12,8(9,10)11)13-6(2)3/h4-6H,1H2,2-3H3. The van der Waals surface area contributed by atoms with Gasteiger partial charge in [-0.25, -0.2) is 0 Å². The van der Waals surface area contributed by atoms with Crippen LogP contribution in [0.15, 0.2) is 12.7 Å². The average molecular weight is 196 g/mol. The zero-order valence-electron chi connectivity index (χ0n) is 7.39. The van der Waals surface area contributed by atoms with E-state index in [4.69, 9.17) is 0 Å². The number of alkyl halides is 3. The van der Waals surface area contributed by atoms with Crippen molar-refractivity contribution in [2.24, 2.45) is 0 Å². The van der Waals surface area contributed by atoms with Gasteiger partial charge in [-0.3, -0.25) is 4.79 Å². The summed E-state index contributed by atoms with van der Waals surface area (Å²) in [5.41, 5.74) is -2.87. The monoisotopic (exact) mass is 196 g/mol. The Morgan fingerprint density at radius 3 is 1.92 bits per heavy atom. The Hall–Kier alpha value is -0.840. The molecule has 0 saturated carbocycles. The summed E-state index contributed by atoms with van der Waals surface area (Å²) < 4.78 is 41.4. The molecule has 0 aliphatic carbocycles. The van der Waals surface area contributed by atoms with Crippen LogP contribution in [0.2, 0.25) is 0 Å². The van der Waals surface area contributed by atoms with Crippen molar-refractivity contribution in [3.05, 3.63) is 12.7 Å². The van der Waals surface area contributed by atoms with Crippen molar-refractivity contribution in [1.82, 2.24) is 0 Å². The average Bonchev–Trinajstić information content (AvgIpc) is 1.97. The molecule has 0 radical (unpaired) electrons. The van der Waals surface area contributed by atoms with E-state index in [1.165, 1.54) is 13.8 Å². The molecular formula is C8H11F3O2. The van der Waals surface area contributed by atoms with E-state index < -0.39 is 17.9 Å². The van der Waals surface area contributed by atoms with Gasteiger partial charge in [-0.15, -0.1) is 0 Å². The minimum atomic E-state index is -4.76. The summed E-state index contributed by atoms with van der Waals surface area (Å²) >= 11 is 0. The largest absolute Gasteiger partial charge is 0.428 e. The molecule has 0 spiro atoms. The molecule has 0 aliphatic heterocycles. The highest BCUT2D eigenvalue weighted by Gasteiger charge is 2.54. The first-order valence-corrected chi connectivity index (χ1v) is 3.63. The van der Waals surface area contributed by atoms with Crippen molar-refractivity contribution in [3.8, 4) is 0 Å². The topological polar surface area (TPSA) is 26.3 Å². The molecule has 0 saturated heterocycles. The van der Waals surface area contributed by atoms with Gasteiger partial charge in [-0.1, -0.05) is 6.58 Å². The highest BCUT2D eigenvalue weighted by molar-refractivity contribution is 5.67. The first kappa shape index (κ1) is 12.2. The molecule has 0 amide bonds. The Labute approximate surface area is 74.4 Å². The SMILES string of the molecule is C=CC(C=O)(OC(C)C)C(F)(F)F. The Morgan fingerprint density at radius 2 is 1.85 bits per heavy atom. The summed E-state index contributed by atoms with van der Waals surface area (Å²) in [5.74, 6) is 0. The molecule has 0 bridgehead atoms. The van der Waals surface area contributed by atoms with Gasteiger partial charge in [-0.05, 0) is 19.9 Å². The lowest BCUT2D eigenvalue weighted by Gasteiger charge is -2.29. The van der Waals surface area contributed by atoms with Crippen molar-refractivity contribution in [3.63, 3.8) is 0 Å². The zero-order chi connectivity index (χ0) is 10.7. The maximum Gasteiger partial charge on any atom is 0.428 e. The van der Waals surface area contributed by atoms with Gasteiger partial charge in [-0.2, -0.15) is 13.2 Å². The first-order valence-electron chi connectivity index (χ1n) is 3.63. The second kappa shape index (κ2) is 3.91. The molecule has 5 heteroatoms. The van der Waals surface area contributed by atoms with Crippen LogP contribution in [0.5, 0.6) is 0 Å². The summed E-state index contributed by atoms with van der Waals surface area (Å²) in [6.45, 7) is 5.77. The molecule has 13 heavy (non-hydrogen) atoms. The summed E-state index contributed by atoms with van der Waals surface area (Å²) in [7, 11) is 0. The van der Waals surface area contributed by atoms with Gasteiger partial charge in [0.1, 0.15) is 0 Å². The van der Waals surface area contributed by atoms with Crippen LogP contribution in [0.1, 0.15) is 13.8 Å². The van der Waals surface area contributed by atoms with E-state index in [1.54, 1.807) is 0 Å². The predicted octanol–water partition coefficient (Wildman–Crippen LogP) is 2.10. The van der Waals surface area contributed by atoms with Crippen molar-refractivity contribution in [2.45, 2.75) is 31.7 Å². The third-order valence-electron chi connectivity index (χ3n) is 1.35. The van der Waals surface area contributed by atoms with E-state index >= 15 is 0 Å². The van der Waals surface area contributed by atoms with Gasteiger partial charge in [0, 0.05) is 0 Å². The molecule has 0 aromatic rings. The van der Waals surface area contributed by atoms with E-state index in [-0.39, 0.29) is 6.29 Å². The van der Waals surface area contributed by atoms with Crippen LogP contribution in [0.25, 0.3) is 0 Å².